The Bertz CT molecular complexity index is 694. The second-order valence-corrected chi connectivity index (χ2v) is 6.37. The number of hydrogen-bond acceptors (Lipinski definition) is 3. The van der Waals surface area contributed by atoms with Crippen molar-refractivity contribution in [3.8, 4) is 0 Å². The van der Waals surface area contributed by atoms with E-state index in [9.17, 15) is 9.90 Å². The zero-order chi connectivity index (χ0) is 16.9. The lowest BCUT2D eigenvalue weighted by atomic mass is 10.1. The largest absolute Gasteiger partial charge is 0.388 e. The molecule has 1 amide bonds. The van der Waals surface area contributed by atoms with Gasteiger partial charge >= 0.3 is 0 Å². The van der Waals surface area contributed by atoms with E-state index in [-0.39, 0.29) is 12.3 Å². The molecule has 0 aromatic heterocycles. The van der Waals surface area contributed by atoms with E-state index in [1.165, 1.54) is 18.5 Å². The van der Waals surface area contributed by atoms with Gasteiger partial charge in [0.2, 0.25) is 5.91 Å². The number of benzene rings is 2. The number of amides is 1. The number of nitrogens with zero attached hydrogens (tertiary/aromatic N) is 1. The van der Waals surface area contributed by atoms with Gasteiger partial charge in [0.05, 0.1) is 12.5 Å². The molecule has 4 heteroatoms. The van der Waals surface area contributed by atoms with E-state index in [0.29, 0.717) is 0 Å². The Balaban J connectivity index is 1.61. The molecule has 1 atom stereocenters. The van der Waals surface area contributed by atoms with Crippen LogP contribution >= 0.6 is 0 Å². The Kier molecular flexibility index (Phi) is 5.16. The van der Waals surface area contributed by atoms with Crippen LogP contribution in [0, 0.1) is 6.92 Å². The van der Waals surface area contributed by atoms with Crippen molar-refractivity contribution in [2.24, 2.45) is 0 Å². The molecule has 1 unspecified atom stereocenters. The van der Waals surface area contributed by atoms with E-state index < -0.39 is 6.10 Å². The Labute approximate surface area is 143 Å². The molecule has 1 aliphatic rings. The van der Waals surface area contributed by atoms with Crippen LogP contribution in [0.25, 0.3) is 0 Å². The normalized spacial score (nSPS) is 15.3. The predicted molar refractivity (Wildman–Crippen MR) is 97.3 cm³/mol. The van der Waals surface area contributed by atoms with E-state index in [1.54, 1.807) is 0 Å². The Hall–Kier alpha value is -2.33. The van der Waals surface area contributed by atoms with Crippen molar-refractivity contribution in [2.75, 3.05) is 23.3 Å². The summed E-state index contributed by atoms with van der Waals surface area (Å²) in [5.74, 6) is -0.177. The predicted octanol–water partition coefficient (Wildman–Crippen LogP) is 3.66. The quantitative estimate of drug-likeness (QED) is 0.882. The van der Waals surface area contributed by atoms with Crippen molar-refractivity contribution in [1.82, 2.24) is 0 Å². The Morgan fingerprint density at radius 3 is 2.54 bits per heavy atom. The first-order valence-corrected chi connectivity index (χ1v) is 8.52. The molecule has 4 nitrogen and oxygen atoms in total. The average Bonchev–Trinajstić information content (AvgIpc) is 3.12. The lowest BCUT2D eigenvalue weighted by Crippen LogP contribution is -2.19. The number of carbonyl (C=O) groups is 1. The highest BCUT2D eigenvalue weighted by molar-refractivity contribution is 5.92. The Morgan fingerprint density at radius 1 is 1.17 bits per heavy atom. The number of anilines is 2. The van der Waals surface area contributed by atoms with Crippen LogP contribution in [0.15, 0.2) is 48.5 Å². The van der Waals surface area contributed by atoms with Crippen LogP contribution in [-0.4, -0.2) is 24.1 Å². The summed E-state index contributed by atoms with van der Waals surface area (Å²) in [6.45, 7) is 4.21. The van der Waals surface area contributed by atoms with Crippen LogP contribution in [0.2, 0.25) is 0 Å². The highest BCUT2D eigenvalue weighted by Gasteiger charge is 2.15. The molecular formula is C20H24N2O2. The summed E-state index contributed by atoms with van der Waals surface area (Å²) in [6.07, 6.45) is 1.76. The van der Waals surface area contributed by atoms with Crippen molar-refractivity contribution in [3.63, 3.8) is 0 Å². The molecule has 0 spiro atoms. The minimum atomic E-state index is -0.782. The summed E-state index contributed by atoms with van der Waals surface area (Å²) >= 11 is 0. The molecule has 1 fully saturated rings. The van der Waals surface area contributed by atoms with E-state index in [1.807, 2.05) is 43.3 Å². The fraction of sp³-hybridized carbons (Fsp3) is 0.350. The van der Waals surface area contributed by atoms with Gasteiger partial charge in [0.1, 0.15) is 0 Å². The highest BCUT2D eigenvalue weighted by atomic mass is 16.3. The van der Waals surface area contributed by atoms with Gasteiger partial charge in [0.25, 0.3) is 0 Å². The van der Waals surface area contributed by atoms with Crippen molar-refractivity contribution in [3.05, 3.63) is 59.7 Å². The SMILES string of the molecule is Cc1cc(N2CCCC2)ccc1NC(=O)CC(O)c1ccccc1. The molecule has 2 N–H and O–H groups in total. The minimum absolute atomic E-state index is 0.0529. The molecule has 0 aliphatic carbocycles. The standard InChI is InChI=1S/C20H24N2O2/c1-15-13-17(22-11-5-6-12-22)9-10-18(15)21-20(24)14-19(23)16-7-3-2-4-8-16/h2-4,7-10,13,19,23H,5-6,11-12,14H2,1H3,(H,21,24). The third-order valence-electron chi connectivity index (χ3n) is 4.52. The topological polar surface area (TPSA) is 52.6 Å². The van der Waals surface area contributed by atoms with Gasteiger partial charge in [-0.2, -0.15) is 0 Å². The molecule has 0 saturated carbocycles. The summed E-state index contributed by atoms with van der Waals surface area (Å²) in [4.78, 5) is 14.6. The van der Waals surface area contributed by atoms with E-state index in [4.69, 9.17) is 0 Å². The molecule has 0 radical (unpaired) electrons. The van der Waals surface area contributed by atoms with Gasteiger partial charge in [-0.15, -0.1) is 0 Å². The zero-order valence-corrected chi connectivity index (χ0v) is 14.0. The monoisotopic (exact) mass is 324 g/mol. The fourth-order valence-corrected chi connectivity index (χ4v) is 3.13. The number of hydrogen-bond donors (Lipinski definition) is 2. The van der Waals surface area contributed by atoms with Gasteiger partial charge in [0.15, 0.2) is 0 Å². The van der Waals surface area contributed by atoms with Crippen LogP contribution < -0.4 is 10.2 Å². The number of nitrogens with one attached hydrogen (secondary N) is 1. The number of carbonyl (C=O) groups excluding carboxylic acids is 1. The summed E-state index contributed by atoms with van der Waals surface area (Å²) < 4.78 is 0. The first-order valence-electron chi connectivity index (χ1n) is 8.52. The molecule has 1 saturated heterocycles. The first-order chi connectivity index (χ1) is 11.6. The summed E-state index contributed by atoms with van der Waals surface area (Å²) in [6, 6.07) is 15.4. The second kappa shape index (κ2) is 7.49. The van der Waals surface area contributed by atoms with E-state index in [2.05, 4.69) is 22.3 Å². The van der Waals surface area contributed by atoms with E-state index >= 15 is 0 Å². The van der Waals surface area contributed by atoms with Crippen LogP contribution in [0.4, 0.5) is 11.4 Å². The minimum Gasteiger partial charge on any atom is -0.388 e. The van der Waals surface area contributed by atoms with Crippen LogP contribution in [0.3, 0.4) is 0 Å². The lowest BCUT2D eigenvalue weighted by molar-refractivity contribution is -0.118. The molecule has 2 aromatic carbocycles. The molecule has 2 aromatic rings. The third kappa shape index (κ3) is 3.95. The highest BCUT2D eigenvalue weighted by Crippen LogP contribution is 2.26. The van der Waals surface area contributed by atoms with Gasteiger partial charge < -0.3 is 15.3 Å². The van der Waals surface area contributed by atoms with Crippen LogP contribution in [0.5, 0.6) is 0 Å². The van der Waals surface area contributed by atoms with Crippen molar-refractivity contribution in [1.29, 1.82) is 0 Å². The molecule has 1 heterocycles. The number of aryl methyl sites for hydroxylation is 1. The maximum absolute atomic E-state index is 12.2. The number of aliphatic hydroxyl groups excluding tert-OH is 1. The van der Waals surface area contributed by atoms with Crippen molar-refractivity contribution < 1.29 is 9.90 Å². The van der Waals surface area contributed by atoms with Gasteiger partial charge in [-0.1, -0.05) is 30.3 Å². The maximum atomic E-state index is 12.2. The van der Waals surface area contributed by atoms with Gasteiger partial charge in [-0.05, 0) is 49.1 Å². The fourth-order valence-electron chi connectivity index (χ4n) is 3.13. The molecule has 3 rings (SSSR count). The second-order valence-electron chi connectivity index (χ2n) is 6.37. The molecule has 126 valence electrons. The van der Waals surface area contributed by atoms with Gasteiger partial charge in [-0.3, -0.25) is 4.79 Å². The smallest absolute Gasteiger partial charge is 0.227 e. The number of rotatable bonds is 5. The van der Waals surface area contributed by atoms with Crippen LogP contribution in [0.1, 0.15) is 36.5 Å². The van der Waals surface area contributed by atoms with Crippen molar-refractivity contribution >= 4 is 17.3 Å². The van der Waals surface area contributed by atoms with Crippen LogP contribution in [-0.2, 0) is 4.79 Å². The summed E-state index contributed by atoms with van der Waals surface area (Å²) in [7, 11) is 0. The zero-order valence-electron chi connectivity index (χ0n) is 14.0. The maximum Gasteiger partial charge on any atom is 0.227 e. The van der Waals surface area contributed by atoms with Gasteiger partial charge in [0, 0.05) is 24.5 Å². The molecular weight excluding hydrogens is 300 g/mol. The van der Waals surface area contributed by atoms with E-state index in [0.717, 1.165) is 29.9 Å². The first kappa shape index (κ1) is 16.5. The summed E-state index contributed by atoms with van der Waals surface area (Å²) in [5.41, 5.74) is 3.83. The average molecular weight is 324 g/mol. The van der Waals surface area contributed by atoms with Gasteiger partial charge in [-0.25, -0.2) is 0 Å². The molecule has 24 heavy (non-hydrogen) atoms. The van der Waals surface area contributed by atoms with Crippen molar-refractivity contribution in [2.45, 2.75) is 32.3 Å². The number of aliphatic hydroxyl groups is 1. The molecule has 1 aliphatic heterocycles. The summed E-state index contributed by atoms with van der Waals surface area (Å²) in [5, 5.41) is 13.1. The third-order valence-corrected chi connectivity index (χ3v) is 4.52. The lowest BCUT2D eigenvalue weighted by Gasteiger charge is -2.19. The molecule has 0 bridgehead atoms. The Morgan fingerprint density at radius 2 is 1.88 bits per heavy atom.